The number of fused-ring (bicyclic) bond motifs is 1. The third-order valence-electron chi connectivity index (χ3n) is 3.03. The number of anilines is 2. The molecule has 1 aliphatic heterocycles. The van der Waals surface area contributed by atoms with Crippen molar-refractivity contribution >= 4 is 17.4 Å². The van der Waals surface area contributed by atoms with Crippen molar-refractivity contribution in [1.82, 2.24) is 10.2 Å². The fraction of sp³-hybridized carbons (Fsp3) is 0.167. The minimum absolute atomic E-state index is 0.00794. The number of aromatic amines is 1. The molecule has 0 fully saturated rings. The first-order chi connectivity index (χ1) is 8.24. The molecule has 1 aromatic heterocycles. The number of nitrogen functional groups attached to an aromatic ring is 1. The van der Waals surface area contributed by atoms with Crippen LogP contribution in [0.2, 0.25) is 0 Å². The van der Waals surface area contributed by atoms with Crippen molar-refractivity contribution in [3.8, 4) is 0 Å². The van der Waals surface area contributed by atoms with Gasteiger partial charge in [0.25, 0.3) is 0 Å². The second-order valence-electron chi connectivity index (χ2n) is 4.16. The van der Waals surface area contributed by atoms with E-state index in [0.29, 0.717) is 12.2 Å². The predicted molar refractivity (Wildman–Crippen MR) is 64.5 cm³/mol. The molecule has 5 heteroatoms. The van der Waals surface area contributed by atoms with Crippen LogP contribution in [0.5, 0.6) is 0 Å². The Hall–Kier alpha value is -2.30. The monoisotopic (exact) mass is 228 g/mol. The second-order valence-corrected chi connectivity index (χ2v) is 4.16. The van der Waals surface area contributed by atoms with Gasteiger partial charge in [0.2, 0.25) is 5.91 Å². The molecule has 0 spiro atoms. The summed E-state index contributed by atoms with van der Waals surface area (Å²) in [6.07, 6.45) is 2.27. The number of nitrogens with zero attached hydrogens (tertiary/aromatic N) is 1. The van der Waals surface area contributed by atoms with Gasteiger partial charge in [-0.25, -0.2) is 0 Å². The van der Waals surface area contributed by atoms with Gasteiger partial charge in [0.15, 0.2) is 5.82 Å². The molecule has 0 bridgehead atoms. The van der Waals surface area contributed by atoms with E-state index in [1.165, 1.54) is 0 Å². The van der Waals surface area contributed by atoms with Gasteiger partial charge in [0.1, 0.15) is 0 Å². The normalized spacial score (nSPS) is 18.6. The van der Waals surface area contributed by atoms with Gasteiger partial charge in [-0.3, -0.25) is 9.89 Å². The average Bonchev–Trinajstić information content (AvgIpc) is 2.77. The zero-order chi connectivity index (χ0) is 11.8. The summed E-state index contributed by atoms with van der Waals surface area (Å²) in [7, 11) is 0. The molecule has 0 radical (unpaired) electrons. The minimum Gasteiger partial charge on any atom is -0.399 e. The lowest BCUT2D eigenvalue weighted by atomic mass is 9.87. The van der Waals surface area contributed by atoms with Crippen LogP contribution in [0.1, 0.15) is 23.5 Å². The number of aromatic nitrogens is 2. The van der Waals surface area contributed by atoms with Crippen LogP contribution in [-0.4, -0.2) is 16.1 Å². The minimum atomic E-state index is -0.00794. The maximum Gasteiger partial charge on any atom is 0.226 e. The Morgan fingerprint density at radius 2 is 2.06 bits per heavy atom. The van der Waals surface area contributed by atoms with Crippen molar-refractivity contribution in [2.45, 2.75) is 12.3 Å². The molecule has 17 heavy (non-hydrogen) atoms. The van der Waals surface area contributed by atoms with Gasteiger partial charge in [-0.15, -0.1) is 0 Å². The molecular weight excluding hydrogens is 216 g/mol. The van der Waals surface area contributed by atoms with E-state index >= 15 is 0 Å². The molecule has 2 heterocycles. The Kier molecular flexibility index (Phi) is 2.11. The molecule has 0 saturated heterocycles. The molecule has 0 saturated carbocycles. The number of nitrogens with one attached hydrogen (secondary N) is 2. The summed E-state index contributed by atoms with van der Waals surface area (Å²) in [5.41, 5.74) is 8.49. The van der Waals surface area contributed by atoms with Crippen LogP contribution in [0.4, 0.5) is 11.5 Å². The number of hydrogen-bond donors (Lipinski definition) is 3. The van der Waals surface area contributed by atoms with Crippen LogP contribution in [0.25, 0.3) is 0 Å². The Balaban J connectivity index is 2.04. The molecule has 1 aromatic carbocycles. The average molecular weight is 228 g/mol. The molecule has 4 N–H and O–H groups in total. The first-order valence-electron chi connectivity index (χ1n) is 5.43. The van der Waals surface area contributed by atoms with Gasteiger partial charge in [0.05, 0.1) is 0 Å². The van der Waals surface area contributed by atoms with Crippen molar-refractivity contribution in [3.63, 3.8) is 0 Å². The van der Waals surface area contributed by atoms with E-state index in [0.717, 1.165) is 16.8 Å². The molecule has 5 nitrogen and oxygen atoms in total. The lowest BCUT2D eigenvalue weighted by molar-refractivity contribution is -0.116. The number of carbonyl (C=O) groups is 1. The van der Waals surface area contributed by atoms with Gasteiger partial charge in [0, 0.05) is 29.8 Å². The first-order valence-corrected chi connectivity index (χ1v) is 5.43. The van der Waals surface area contributed by atoms with Crippen molar-refractivity contribution in [2.75, 3.05) is 11.1 Å². The van der Waals surface area contributed by atoms with Gasteiger partial charge in [-0.05, 0) is 17.7 Å². The Labute approximate surface area is 98.0 Å². The highest BCUT2D eigenvalue weighted by molar-refractivity contribution is 5.94. The number of rotatable bonds is 1. The lowest BCUT2D eigenvalue weighted by Crippen LogP contribution is -2.22. The largest absolute Gasteiger partial charge is 0.399 e. The lowest BCUT2D eigenvalue weighted by Gasteiger charge is -2.21. The van der Waals surface area contributed by atoms with E-state index in [4.69, 9.17) is 5.73 Å². The summed E-state index contributed by atoms with van der Waals surface area (Å²) >= 11 is 0. The fourth-order valence-electron chi connectivity index (χ4n) is 2.17. The van der Waals surface area contributed by atoms with Crippen LogP contribution >= 0.6 is 0 Å². The number of hydrogen-bond acceptors (Lipinski definition) is 3. The second kappa shape index (κ2) is 3.62. The van der Waals surface area contributed by atoms with Gasteiger partial charge in [-0.2, -0.15) is 5.10 Å². The molecule has 86 valence electrons. The zero-order valence-corrected chi connectivity index (χ0v) is 9.10. The highest BCUT2D eigenvalue weighted by Crippen LogP contribution is 2.35. The van der Waals surface area contributed by atoms with E-state index in [1.807, 2.05) is 30.5 Å². The quantitative estimate of drug-likeness (QED) is 0.646. The third kappa shape index (κ3) is 1.65. The summed E-state index contributed by atoms with van der Waals surface area (Å²) < 4.78 is 0. The molecule has 1 aliphatic rings. The summed E-state index contributed by atoms with van der Waals surface area (Å²) in [4.78, 5) is 11.6. The smallest absolute Gasteiger partial charge is 0.226 e. The van der Waals surface area contributed by atoms with Gasteiger partial charge >= 0.3 is 0 Å². The number of amides is 1. The predicted octanol–water partition coefficient (Wildman–Crippen LogP) is 1.47. The van der Waals surface area contributed by atoms with Crippen LogP contribution in [-0.2, 0) is 4.79 Å². The maximum atomic E-state index is 11.6. The van der Waals surface area contributed by atoms with Crippen LogP contribution in [0.15, 0.2) is 30.5 Å². The molecule has 2 aromatic rings. The highest BCUT2D eigenvalue weighted by atomic mass is 16.1. The Bertz CT molecular complexity index is 558. The third-order valence-corrected chi connectivity index (χ3v) is 3.03. The van der Waals surface area contributed by atoms with Crippen LogP contribution in [0, 0.1) is 0 Å². The van der Waals surface area contributed by atoms with Gasteiger partial charge < -0.3 is 11.1 Å². The topological polar surface area (TPSA) is 83.8 Å². The summed E-state index contributed by atoms with van der Waals surface area (Å²) in [6.45, 7) is 0. The standard InChI is InChI=1S/C12H12N4O/c13-8-3-1-7(2-4-8)9-5-11(17)15-12-10(9)6-14-16-12/h1-4,6,9H,5,13H2,(H2,14,15,16,17). The highest BCUT2D eigenvalue weighted by Gasteiger charge is 2.28. The number of benzene rings is 1. The summed E-state index contributed by atoms with van der Waals surface area (Å²) in [6, 6.07) is 7.61. The number of H-pyrrole nitrogens is 1. The SMILES string of the molecule is Nc1ccc(C2CC(=O)Nc3n[nH]cc32)cc1. The zero-order valence-electron chi connectivity index (χ0n) is 9.10. The van der Waals surface area contributed by atoms with E-state index in [2.05, 4.69) is 15.5 Å². The van der Waals surface area contributed by atoms with E-state index < -0.39 is 0 Å². The molecular formula is C12H12N4O. The Morgan fingerprint density at radius 1 is 1.29 bits per heavy atom. The van der Waals surface area contributed by atoms with Crippen molar-refractivity contribution in [1.29, 1.82) is 0 Å². The van der Waals surface area contributed by atoms with Crippen LogP contribution in [0.3, 0.4) is 0 Å². The first kappa shape index (κ1) is 9.89. The van der Waals surface area contributed by atoms with E-state index in [-0.39, 0.29) is 11.8 Å². The van der Waals surface area contributed by atoms with Crippen molar-refractivity contribution in [3.05, 3.63) is 41.6 Å². The molecule has 1 amide bonds. The molecule has 1 unspecified atom stereocenters. The van der Waals surface area contributed by atoms with E-state index in [9.17, 15) is 4.79 Å². The van der Waals surface area contributed by atoms with Gasteiger partial charge in [-0.1, -0.05) is 12.1 Å². The molecule has 0 aliphatic carbocycles. The maximum absolute atomic E-state index is 11.6. The molecule has 1 atom stereocenters. The summed E-state index contributed by atoms with van der Waals surface area (Å²) in [5.74, 6) is 0.674. The molecule has 3 rings (SSSR count). The number of nitrogens with two attached hydrogens (primary N) is 1. The summed E-state index contributed by atoms with van der Waals surface area (Å²) in [5, 5.41) is 9.55. The number of carbonyl (C=O) groups excluding carboxylic acids is 1. The van der Waals surface area contributed by atoms with Crippen molar-refractivity contribution in [2.24, 2.45) is 0 Å². The Morgan fingerprint density at radius 3 is 2.82 bits per heavy atom. The van der Waals surface area contributed by atoms with Crippen LogP contribution < -0.4 is 11.1 Å². The van der Waals surface area contributed by atoms with E-state index in [1.54, 1.807) is 0 Å². The fourth-order valence-corrected chi connectivity index (χ4v) is 2.17. The van der Waals surface area contributed by atoms with Crippen molar-refractivity contribution < 1.29 is 4.79 Å².